The van der Waals surface area contributed by atoms with Gasteiger partial charge in [-0.2, -0.15) is 0 Å². The predicted octanol–water partition coefficient (Wildman–Crippen LogP) is 3.44. The predicted molar refractivity (Wildman–Crippen MR) is 97.8 cm³/mol. The highest BCUT2D eigenvalue weighted by atomic mass is 16.5. The number of pyridine rings is 2. The van der Waals surface area contributed by atoms with Crippen LogP contribution in [0.4, 0.5) is 0 Å². The summed E-state index contributed by atoms with van der Waals surface area (Å²) >= 11 is 0. The number of ether oxygens (including phenoxy) is 1. The Kier molecular flexibility index (Phi) is 5.12. The minimum Gasteiger partial charge on any atom is -0.436 e. The van der Waals surface area contributed by atoms with E-state index in [-0.39, 0.29) is 0 Å². The minimum atomic E-state index is 0.425. The van der Waals surface area contributed by atoms with E-state index < -0.39 is 0 Å². The van der Waals surface area contributed by atoms with Gasteiger partial charge < -0.3 is 4.74 Å². The molecule has 4 rings (SSSR count). The summed E-state index contributed by atoms with van der Waals surface area (Å²) in [5.41, 5.74) is 2.32. The lowest BCUT2D eigenvalue weighted by molar-refractivity contribution is 0.203. The molecule has 0 atom stereocenters. The van der Waals surface area contributed by atoms with Crippen molar-refractivity contribution >= 4 is 0 Å². The Morgan fingerprint density at radius 2 is 1.77 bits per heavy atom. The number of hydrogen-bond acceptors (Lipinski definition) is 6. The first kappa shape index (κ1) is 16.6. The van der Waals surface area contributed by atoms with E-state index in [1.807, 2.05) is 30.7 Å². The number of hydrogen-bond donors (Lipinski definition) is 0. The summed E-state index contributed by atoms with van der Waals surface area (Å²) in [5, 5.41) is 0. The van der Waals surface area contributed by atoms with Gasteiger partial charge in [0, 0.05) is 37.3 Å². The highest BCUT2D eigenvalue weighted by Gasteiger charge is 2.22. The van der Waals surface area contributed by atoms with Crippen molar-refractivity contribution in [3.63, 3.8) is 0 Å². The maximum Gasteiger partial charge on any atom is 0.238 e. The van der Waals surface area contributed by atoms with Gasteiger partial charge in [-0.3, -0.25) is 19.9 Å². The van der Waals surface area contributed by atoms with E-state index in [9.17, 15) is 0 Å². The van der Waals surface area contributed by atoms with Gasteiger partial charge in [-0.15, -0.1) is 0 Å². The van der Waals surface area contributed by atoms with E-state index in [0.717, 1.165) is 38.2 Å². The third-order valence-electron chi connectivity index (χ3n) is 4.65. The van der Waals surface area contributed by atoms with E-state index in [1.54, 1.807) is 18.6 Å². The zero-order valence-electron chi connectivity index (χ0n) is 14.5. The van der Waals surface area contributed by atoms with Crippen LogP contribution in [0.15, 0.2) is 61.4 Å². The SMILES string of the molecule is c1cncc(Oc2cncc(C3CCN(Cc4ccncc4)CC3)n2)c1. The Labute approximate surface area is 152 Å². The molecule has 0 aliphatic carbocycles. The highest BCUT2D eigenvalue weighted by Crippen LogP contribution is 2.28. The smallest absolute Gasteiger partial charge is 0.238 e. The van der Waals surface area contributed by atoms with Crippen LogP contribution in [0.1, 0.15) is 30.0 Å². The van der Waals surface area contributed by atoms with Crippen molar-refractivity contribution in [2.45, 2.75) is 25.3 Å². The van der Waals surface area contributed by atoms with Crippen molar-refractivity contribution in [3.8, 4) is 11.6 Å². The third-order valence-corrected chi connectivity index (χ3v) is 4.65. The fourth-order valence-electron chi connectivity index (χ4n) is 3.27. The quantitative estimate of drug-likeness (QED) is 0.704. The summed E-state index contributed by atoms with van der Waals surface area (Å²) < 4.78 is 5.76. The Balaban J connectivity index is 1.36. The van der Waals surface area contributed by atoms with Gasteiger partial charge in [-0.05, 0) is 55.8 Å². The first-order valence-corrected chi connectivity index (χ1v) is 8.88. The largest absolute Gasteiger partial charge is 0.436 e. The molecular weight excluding hydrogens is 326 g/mol. The lowest BCUT2D eigenvalue weighted by Gasteiger charge is -2.31. The lowest BCUT2D eigenvalue weighted by Crippen LogP contribution is -2.32. The molecule has 0 saturated carbocycles. The highest BCUT2D eigenvalue weighted by molar-refractivity contribution is 5.23. The summed E-state index contributed by atoms with van der Waals surface area (Å²) in [6.07, 6.45) is 12.8. The zero-order chi connectivity index (χ0) is 17.6. The van der Waals surface area contributed by atoms with Gasteiger partial charge in [0.05, 0.1) is 18.1 Å². The van der Waals surface area contributed by atoms with Crippen molar-refractivity contribution in [3.05, 3.63) is 72.7 Å². The second kappa shape index (κ2) is 8.01. The molecular formula is C20H21N5O. The average Bonchev–Trinajstić information content (AvgIpc) is 2.70. The Bertz CT molecular complexity index is 820. The molecule has 0 amide bonds. The first-order chi connectivity index (χ1) is 12.9. The van der Waals surface area contributed by atoms with Crippen molar-refractivity contribution < 1.29 is 4.74 Å². The number of likely N-dealkylation sites (tertiary alicyclic amines) is 1. The van der Waals surface area contributed by atoms with E-state index in [1.165, 1.54) is 5.56 Å². The van der Waals surface area contributed by atoms with E-state index in [2.05, 4.69) is 37.0 Å². The maximum absolute atomic E-state index is 5.76. The molecule has 26 heavy (non-hydrogen) atoms. The molecule has 1 aliphatic rings. The van der Waals surface area contributed by atoms with E-state index >= 15 is 0 Å². The molecule has 6 nitrogen and oxygen atoms in total. The summed E-state index contributed by atoms with van der Waals surface area (Å²) in [6, 6.07) is 7.86. The summed E-state index contributed by atoms with van der Waals surface area (Å²) in [6.45, 7) is 3.09. The molecule has 0 aromatic carbocycles. The molecule has 1 saturated heterocycles. The number of nitrogens with zero attached hydrogens (tertiary/aromatic N) is 5. The van der Waals surface area contributed by atoms with E-state index in [4.69, 9.17) is 4.74 Å². The zero-order valence-corrected chi connectivity index (χ0v) is 14.5. The summed E-state index contributed by atoms with van der Waals surface area (Å²) in [7, 11) is 0. The van der Waals surface area contributed by atoms with Crippen molar-refractivity contribution in [2.75, 3.05) is 13.1 Å². The van der Waals surface area contributed by atoms with Crippen LogP contribution in [0.25, 0.3) is 0 Å². The van der Waals surface area contributed by atoms with Crippen LogP contribution in [-0.4, -0.2) is 37.9 Å². The van der Waals surface area contributed by atoms with Crippen LogP contribution in [-0.2, 0) is 6.54 Å². The molecule has 0 spiro atoms. The number of piperidine rings is 1. The standard InChI is InChI=1S/C20H21N5O/c1-2-18(12-22-7-1)26-20-14-23-13-19(24-20)17-5-10-25(11-6-17)15-16-3-8-21-9-4-16/h1-4,7-9,12-14,17H,5-6,10-11,15H2. The molecule has 6 heteroatoms. The van der Waals surface area contributed by atoms with Gasteiger partial charge in [-0.1, -0.05) is 0 Å². The minimum absolute atomic E-state index is 0.425. The Hall–Kier alpha value is -2.86. The van der Waals surface area contributed by atoms with Crippen LogP contribution in [0, 0.1) is 0 Å². The first-order valence-electron chi connectivity index (χ1n) is 8.88. The normalized spacial score (nSPS) is 15.7. The van der Waals surface area contributed by atoms with Gasteiger partial charge >= 0.3 is 0 Å². The van der Waals surface area contributed by atoms with Crippen LogP contribution in [0.3, 0.4) is 0 Å². The molecule has 0 radical (unpaired) electrons. The Morgan fingerprint density at radius 3 is 2.54 bits per heavy atom. The fraction of sp³-hybridized carbons (Fsp3) is 0.300. The molecule has 0 unspecified atom stereocenters. The molecule has 4 heterocycles. The Morgan fingerprint density at radius 1 is 0.923 bits per heavy atom. The monoisotopic (exact) mass is 347 g/mol. The molecule has 3 aromatic rings. The number of rotatable bonds is 5. The number of aromatic nitrogens is 4. The fourth-order valence-corrected chi connectivity index (χ4v) is 3.27. The van der Waals surface area contributed by atoms with Crippen molar-refractivity contribution in [2.24, 2.45) is 0 Å². The molecule has 1 fully saturated rings. The second-order valence-electron chi connectivity index (χ2n) is 6.48. The molecule has 3 aromatic heterocycles. The third kappa shape index (κ3) is 4.21. The van der Waals surface area contributed by atoms with Crippen molar-refractivity contribution in [1.82, 2.24) is 24.8 Å². The topological polar surface area (TPSA) is 64.0 Å². The van der Waals surface area contributed by atoms with Gasteiger partial charge in [0.15, 0.2) is 0 Å². The summed E-state index contributed by atoms with van der Waals surface area (Å²) in [5.74, 6) is 1.62. The van der Waals surface area contributed by atoms with Crippen LogP contribution in [0.2, 0.25) is 0 Å². The van der Waals surface area contributed by atoms with E-state index in [0.29, 0.717) is 17.5 Å². The summed E-state index contributed by atoms with van der Waals surface area (Å²) in [4.78, 5) is 19.6. The van der Waals surface area contributed by atoms with Crippen molar-refractivity contribution in [1.29, 1.82) is 0 Å². The second-order valence-corrected chi connectivity index (χ2v) is 6.48. The van der Waals surface area contributed by atoms with Crippen LogP contribution in [0.5, 0.6) is 11.6 Å². The van der Waals surface area contributed by atoms with Gasteiger partial charge in [0.1, 0.15) is 5.75 Å². The molecule has 0 N–H and O–H groups in total. The maximum atomic E-state index is 5.76. The van der Waals surface area contributed by atoms with Crippen LogP contribution < -0.4 is 4.74 Å². The average molecular weight is 347 g/mol. The lowest BCUT2D eigenvalue weighted by atomic mass is 9.93. The molecule has 0 bridgehead atoms. The van der Waals surface area contributed by atoms with Gasteiger partial charge in [-0.25, -0.2) is 4.98 Å². The van der Waals surface area contributed by atoms with Gasteiger partial charge in [0.2, 0.25) is 5.88 Å². The van der Waals surface area contributed by atoms with Crippen LogP contribution >= 0.6 is 0 Å². The molecule has 1 aliphatic heterocycles. The van der Waals surface area contributed by atoms with Gasteiger partial charge in [0.25, 0.3) is 0 Å². The molecule has 132 valence electrons.